The van der Waals surface area contributed by atoms with Crippen molar-refractivity contribution in [3.05, 3.63) is 89.9 Å². The average molecular weight is 363 g/mol. The molecule has 0 atom stereocenters. The number of anilines is 1. The molecule has 0 aliphatic heterocycles. The van der Waals surface area contributed by atoms with Crippen LogP contribution in [0.2, 0.25) is 0 Å². The zero-order chi connectivity index (χ0) is 19.0. The number of carbonyl (C=O) groups excluding carboxylic acids is 1. The predicted molar refractivity (Wildman–Crippen MR) is 100 cm³/mol. The van der Waals surface area contributed by atoms with Crippen molar-refractivity contribution in [2.45, 2.75) is 6.92 Å². The highest BCUT2D eigenvalue weighted by molar-refractivity contribution is 6.13. The van der Waals surface area contributed by atoms with Crippen molar-refractivity contribution in [3.63, 3.8) is 0 Å². The molecule has 0 bridgehead atoms. The molecule has 0 fully saturated rings. The Bertz CT molecular complexity index is 1150. The first-order chi connectivity index (χ1) is 13.0. The summed E-state index contributed by atoms with van der Waals surface area (Å²) >= 11 is 0. The molecule has 0 spiro atoms. The maximum absolute atomic E-state index is 13.3. The second kappa shape index (κ2) is 6.64. The second-order valence-corrected chi connectivity index (χ2v) is 6.26. The van der Waals surface area contributed by atoms with Gasteiger partial charge >= 0.3 is 0 Å². The fourth-order valence-electron chi connectivity index (χ4n) is 3.02. The predicted octanol–water partition coefficient (Wildman–Crippen LogP) is 4.86. The lowest BCUT2D eigenvalue weighted by molar-refractivity contribution is 0.102. The summed E-state index contributed by atoms with van der Waals surface area (Å²) in [5.41, 5.74) is 3.25. The molecule has 4 aromatic rings. The van der Waals surface area contributed by atoms with E-state index in [1.54, 1.807) is 18.3 Å². The minimum absolute atomic E-state index is 0.273. The van der Waals surface area contributed by atoms with Crippen LogP contribution in [0.15, 0.2) is 67.1 Å². The van der Waals surface area contributed by atoms with Crippen LogP contribution >= 0.6 is 0 Å². The summed E-state index contributed by atoms with van der Waals surface area (Å²) in [5, 5.41) is 3.42. The zero-order valence-corrected chi connectivity index (χ0v) is 14.4. The Morgan fingerprint density at radius 1 is 1.00 bits per heavy atom. The number of hydrogen-bond donors (Lipinski definition) is 1. The van der Waals surface area contributed by atoms with Crippen LogP contribution in [0, 0.1) is 18.6 Å². The second-order valence-electron chi connectivity index (χ2n) is 6.26. The van der Waals surface area contributed by atoms with E-state index in [-0.39, 0.29) is 17.4 Å². The van der Waals surface area contributed by atoms with Gasteiger partial charge in [-0.3, -0.25) is 9.78 Å². The van der Waals surface area contributed by atoms with Crippen molar-refractivity contribution >= 4 is 22.5 Å². The van der Waals surface area contributed by atoms with E-state index in [0.29, 0.717) is 5.56 Å². The molecule has 0 aliphatic carbocycles. The highest BCUT2D eigenvalue weighted by Gasteiger charge is 2.17. The van der Waals surface area contributed by atoms with Crippen molar-refractivity contribution in [2.24, 2.45) is 0 Å². The van der Waals surface area contributed by atoms with Gasteiger partial charge in [0.2, 0.25) is 0 Å². The van der Waals surface area contributed by atoms with Gasteiger partial charge in [-0.15, -0.1) is 0 Å². The Hall–Kier alpha value is -3.54. The SMILES string of the molecule is Cc1ccc2c(c1)c(C(=O)Nc1cncc(F)c1)cn2-c1ccc(F)cc1. The lowest BCUT2D eigenvalue weighted by Gasteiger charge is -2.05. The molecule has 4 nitrogen and oxygen atoms in total. The molecule has 0 radical (unpaired) electrons. The van der Waals surface area contributed by atoms with Crippen molar-refractivity contribution < 1.29 is 13.6 Å². The summed E-state index contributed by atoms with van der Waals surface area (Å²) in [7, 11) is 0. The highest BCUT2D eigenvalue weighted by Crippen LogP contribution is 2.27. The standard InChI is InChI=1S/C21H15F2N3O/c1-13-2-7-20-18(8-13)19(12-26(20)17-5-3-14(22)4-6-17)21(27)25-16-9-15(23)10-24-11-16/h2-12H,1H3,(H,25,27). The highest BCUT2D eigenvalue weighted by atomic mass is 19.1. The Labute approximate surface area is 154 Å². The molecule has 134 valence electrons. The number of aryl methyl sites for hydroxylation is 1. The fourth-order valence-corrected chi connectivity index (χ4v) is 3.02. The Morgan fingerprint density at radius 3 is 2.52 bits per heavy atom. The van der Waals surface area contributed by atoms with Crippen LogP contribution in [-0.4, -0.2) is 15.5 Å². The molecule has 4 rings (SSSR count). The molecule has 27 heavy (non-hydrogen) atoms. The quantitative estimate of drug-likeness (QED) is 0.565. The summed E-state index contributed by atoms with van der Waals surface area (Å²) in [5.74, 6) is -1.24. The first-order valence-electron chi connectivity index (χ1n) is 8.31. The van der Waals surface area contributed by atoms with Crippen molar-refractivity contribution in [1.82, 2.24) is 9.55 Å². The van der Waals surface area contributed by atoms with Crippen molar-refractivity contribution in [2.75, 3.05) is 5.32 Å². The van der Waals surface area contributed by atoms with Crippen LogP contribution in [0.5, 0.6) is 0 Å². The van der Waals surface area contributed by atoms with Crippen LogP contribution in [0.4, 0.5) is 14.5 Å². The fraction of sp³-hybridized carbons (Fsp3) is 0.0476. The van der Waals surface area contributed by atoms with E-state index in [2.05, 4.69) is 10.3 Å². The smallest absolute Gasteiger partial charge is 0.257 e. The van der Waals surface area contributed by atoms with Gasteiger partial charge in [-0.2, -0.15) is 0 Å². The first-order valence-corrected chi connectivity index (χ1v) is 8.31. The van der Waals surface area contributed by atoms with Gasteiger partial charge in [-0.05, 0) is 43.3 Å². The van der Waals surface area contributed by atoms with Crippen LogP contribution in [0.1, 0.15) is 15.9 Å². The van der Waals surface area contributed by atoms with E-state index < -0.39 is 5.82 Å². The van der Waals surface area contributed by atoms with Gasteiger partial charge in [0, 0.05) is 23.3 Å². The van der Waals surface area contributed by atoms with E-state index >= 15 is 0 Å². The third-order valence-corrected chi connectivity index (χ3v) is 4.27. The van der Waals surface area contributed by atoms with Crippen molar-refractivity contribution in [3.8, 4) is 5.69 Å². The lowest BCUT2D eigenvalue weighted by Crippen LogP contribution is -2.12. The number of pyridine rings is 1. The number of fused-ring (bicyclic) bond motifs is 1. The minimum atomic E-state index is -0.530. The Kier molecular flexibility index (Phi) is 4.16. The molecule has 2 aromatic carbocycles. The van der Waals surface area contributed by atoms with Gasteiger partial charge in [-0.25, -0.2) is 8.78 Å². The van der Waals surface area contributed by atoms with E-state index in [1.807, 2.05) is 29.7 Å². The molecule has 0 saturated carbocycles. The maximum Gasteiger partial charge on any atom is 0.257 e. The van der Waals surface area contributed by atoms with E-state index in [1.165, 1.54) is 24.4 Å². The molecule has 1 N–H and O–H groups in total. The number of aromatic nitrogens is 2. The Balaban J connectivity index is 1.81. The van der Waals surface area contributed by atoms with Gasteiger partial charge < -0.3 is 9.88 Å². The summed E-state index contributed by atoms with van der Waals surface area (Å²) in [6, 6.07) is 13.0. The van der Waals surface area contributed by atoms with Crippen LogP contribution < -0.4 is 5.32 Å². The summed E-state index contributed by atoms with van der Waals surface area (Å²) in [6.45, 7) is 1.94. The molecule has 0 aliphatic rings. The lowest BCUT2D eigenvalue weighted by atomic mass is 10.1. The maximum atomic E-state index is 13.3. The van der Waals surface area contributed by atoms with Gasteiger partial charge in [0.05, 0.1) is 29.2 Å². The monoisotopic (exact) mass is 363 g/mol. The third kappa shape index (κ3) is 3.29. The molecule has 2 heterocycles. The summed E-state index contributed by atoms with van der Waals surface area (Å²) in [6.07, 6.45) is 4.14. The average Bonchev–Trinajstić information content (AvgIpc) is 3.01. The van der Waals surface area contributed by atoms with Gasteiger partial charge in [0.15, 0.2) is 0 Å². The number of hydrogen-bond acceptors (Lipinski definition) is 2. The number of benzene rings is 2. The number of rotatable bonds is 3. The molecular weight excluding hydrogens is 348 g/mol. The third-order valence-electron chi connectivity index (χ3n) is 4.27. The zero-order valence-electron chi connectivity index (χ0n) is 14.4. The normalized spacial score (nSPS) is 10.9. The van der Waals surface area contributed by atoms with E-state index in [0.717, 1.165) is 28.4 Å². The first kappa shape index (κ1) is 16.9. The van der Waals surface area contributed by atoms with Crippen LogP contribution in [0.3, 0.4) is 0 Å². The molecule has 0 saturated heterocycles. The number of nitrogens with zero attached hydrogens (tertiary/aromatic N) is 2. The van der Waals surface area contributed by atoms with Gasteiger partial charge in [0.1, 0.15) is 11.6 Å². The molecular formula is C21H15F2N3O. The summed E-state index contributed by atoms with van der Waals surface area (Å²) < 4.78 is 28.4. The van der Waals surface area contributed by atoms with E-state index in [4.69, 9.17) is 0 Å². The number of amides is 1. The number of nitrogens with one attached hydrogen (secondary N) is 1. The van der Waals surface area contributed by atoms with Crippen LogP contribution in [0.25, 0.3) is 16.6 Å². The Morgan fingerprint density at radius 2 is 1.78 bits per heavy atom. The van der Waals surface area contributed by atoms with Crippen LogP contribution in [-0.2, 0) is 0 Å². The molecule has 0 unspecified atom stereocenters. The number of halogens is 2. The molecule has 6 heteroatoms. The topological polar surface area (TPSA) is 46.9 Å². The largest absolute Gasteiger partial charge is 0.320 e. The minimum Gasteiger partial charge on any atom is -0.320 e. The molecule has 2 aromatic heterocycles. The van der Waals surface area contributed by atoms with Gasteiger partial charge in [0.25, 0.3) is 5.91 Å². The number of carbonyl (C=O) groups is 1. The molecule has 1 amide bonds. The summed E-state index contributed by atoms with van der Waals surface area (Å²) in [4.78, 5) is 16.6. The van der Waals surface area contributed by atoms with E-state index in [9.17, 15) is 13.6 Å². The van der Waals surface area contributed by atoms with Crippen molar-refractivity contribution in [1.29, 1.82) is 0 Å². The van der Waals surface area contributed by atoms with Gasteiger partial charge in [-0.1, -0.05) is 11.6 Å².